The second kappa shape index (κ2) is 5.17. The summed E-state index contributed by atoms with van der Waals surface area (Å²) >= 11 is 0. The Morgan fingerprint density at radius 2 is 2.12 bits per heavy atom. The average molecular weight is 226 g/mol. The lowest BCUT2D eigenvalue weighted by molar-refractivity contribution is -0.127. The number of carbonyl (C=O) groups is 1. The normalized spacial score (nSPS) is 25.8. The molecule has 0 aromatic rings. The van der Waals surface area contributed by atoms with E-state index in [0.29, 0.717) is 0 Å². The number of hydrogen-bond donors (Lipinski definition) is 2. The van der Waals surface area contributed by atoms with Gasteiger partial charge in [-0.3, -0.25) is 4.79 Å². The molecule has 0 aromatic heterocycles. The quantitative estimate of drug-likeness (QED) is 0.770. The lowest BCUT2D eigenvalue weighted by Gasteiger charge is -2.29. The summed E-state index contributed by atoms with van der Waals surface area (Å²) in [5.74, 6) is 0.196. The Bertz CT molecular complexity index is 237. The van der Waals surface area contributed by atoms with Crippen molar-refractivity contribution in [1.29, 1.82) is 0 Å². The van der Waals surface area contributed by atoms with Crippen LogP contribution in [0.25, 0.3) is 0 Å². The van der Waals surface area contributed by atoms with Gasteiger partial charge in [-0.2, -0.15) is 0 Å². The van der Waals surface area contributed by atoms with Crippen LogP contribution in [0.5, 0.6) is 0 Å². The Hall–Kier alpha value is -0.570. The van der Waals surface area contributed by atoms with Crippen molar-refractivity contribution in [3.05, 3.63) is 0 Å². The monoisotopic (exact) mass is 226 g/mol. The van der Waals surface area contributed by atoms with Gasteiger partial charge < -0.3 is 10.6 Å². The fourth-order valence-electron chi connectivity index (χ4n) is 2.27. The van der Waals surface area contributed by atoms with Gasteiger partial charge in [0.2, 0.25) is 5.91 Å². The highest BCUT2D eigenvalue weighted by molar-refractivity contribution is 5.86. The van der Waals surface area contributed by atoms with E-state index in [1.54, 1.807) is 0 Å². The zero-order valence-corrected chi connectivity index (χ0v) is 11.2. The van der Waals surface area contributed by atoms with E-state index in [1.165, 1.54) is 0 Å². The molecule has 0 aliphatic carbocycles. The van der Waals surface area contributed by atoms with E-state index in [-0.39, 0.29) is 16.9 Å². The predicted molar refractivity (Wildman–Crippen MR) is 67.3 cm³/mol. The molecule has 2 N–H and O–H groups in total. The Balaban J connectivity index is 2.55. The zero-order valence-electron chi connectivity index (χ0n) is 11.2. The molecule has 0 spiro atoms. The first-order chi connectivity index (χ1) is 7.40. The van der Waals surface area contributed by atoms with Gasteiger partial charge in [-0.15, -0.1) is 0 Å². The molecule has 1 heterocycles. The third kappa shape index (κ3) is 3.48. The summed E-state index contributed by atoms with van der Waals surface area (Å²) in [6.45, 7) is 10.3. The fraction of sp³-hybridized carbons (Fsp3) is 0.923. The molecule has 1 rings (SSSR count). The summed E-state index contributed by atoms with van der Waals surface area (Å²) in [4.78, 5) is 12.2. The molecule has 3 heteroatoms. The van der Waals surface area contributed by atoms with Crippen LogP contribution in [-0.2, 0) is 4.79 Å². The lowest BCUT2D eigenvalue weighted by Crippen LogP contribution is -2.54. The SMILES string of the molecule is CCCC1(C(=O)NCC(C)(C)C)CCCN1. The van der Waals surface area contributed by atoms with Crippen molar-refractivity contribution < 1.29 is 4.79 Å². The molecule has 0 saturated carbocycles. The van der Waals surface area contributed by atoms with E-state index in [9.17, 15) is 4.79 Å². The van der Waals surface area contributed by atoms with Crippen LogP contribution in [0.1, 0.15) is 53.4 Å². The largest absolute Gasteiger partial charge is 0.354 e. The summed E-state index contributed by atoms with van der Waals surface area (Å²) < 4.78 is 0. The van der Waals surface area contributed by atoms with Crippen LogP contribution in [0.2, 0.25) is 0 Å². The maximum atomic E-state index is 12.2. The summed E-state index contributed by atoms with van der Waals surface area (Å²) in [6, 6.07) is 0. The Morgan fingerprint density at radius 1 is 1.44 bits per heavy atom. The van der Waals surface area contributed by atoms with Gasteiger partial charge in [-0.25, -0.2) is 0 Å². The Morgan fingerprint density at radius 3 is 2.56 bits per heavy atom. The van der Waals surface area contributed by atoms with Gasteiger partial charge in [-0.1, -0.05) is 34.1 Å². The molecule has 1 amide bonds. The highest BCUT2D eigenvalue weighted by Gasteiger charge is 2.39. The van der Waals surface area contributed by atoms with Crippen LogP contribution < -0.4 is 10.6 Å². The molecule has 1 fully saturated rings. The van der Waals surface area contributed by atoms with E-state index >= 15 is 0 Å². The first-order valence-corrected chi connectivity index (χ1v) is 6.43. The summed E-state index contributed by atoms with van der Waals surface area (Å²) in [5, 5.41) is 6.48. The van der Waals surface area contributed by atoms with Crippen molar-refractivity contribution in [1.82, 2.24) is 10.6 Å². The topological polar surface area (TPSA) is 41.1 Å². The molecule has 0 aromatic carbocycles. The van der Waals surface area contributed by atoms with Crippen molar-refractivity contribution in [3.63, 3.8) is 0 Å². The van der Waals surface area contributed by atoms with Crippen LogP contribution in [0, 0.1) is 5.41 Å². The van der Waals surface area contributed by atoms with Gasteiger partial charge in [-0.05, 0) is 31.2 Å². The van der Waals surface area contributed by atoms with Gasteiger partial charge in [0.05, 0.1) is 5.54 Å². The van der Waals surface area contributed by atoms with Crippen LogP contribution >= 0.6 is 0 Å². The van der Waals surface area contributed by atoms with E-state index in [1.807, 2.05) is 0 Å². The van der Waals surface area contributed by atoms with Crippen molar-refractivity contribution in [2.45, 2.75) is 58.9 Å². The minimum absolute atomic E-state index is 0.154. The molecule has 1 saturated heterocycles. The Kier molecular flexibility index (Phi) is 4.36. The van der Waals surface area contributed by atoms with Crippen LogP contribution in [0.3, 0.4) is 0 Å². The van der Waals surface area contributed by atoms with Crippen molar-refractivity contribution in [3.8, 4) is 0 Å². The summed E-state index contributed by atoms with van der Waals surface area (Å²) in [7, 11) is 0. The van der Waals surface area contributed by atoms with E-state index in [0.717, 1.165) is 38.8 Å². The first kappa shape index (κ1) is 13.5. The molecule has 94 valence electrons. The number of nitrogens with one attached hydrogen (secondary N) is 2. The number of hydrogen-bond acceptors (Lipinski definition) is 2. The van der Waals surface area contributed by atoms with Gasteiger partial charge in [0, 0.05) is 6.54 Å². The standard InChI is InChI=1S/C13H26N2O/c1-5-7-13(8-6-9-15-13)11(16)14-10-12(2,3)4/h15H,5-10H2,1-4H3,(H,14,16). The minimum Gasteiger partial charge on any atom is -0.354 e. The van der Waals surface area contributed by atoms with Crippen LogP contribution in [0.4, 0.5) is 0 Å². The van der Waals surface area contributed by atoms with Crippen molar-refractivity contribution in [2.24, 2.45) is 5.41 Å². The number of amides is 1. The van der Waals surface area contributed by atoms with E-state index < -0.39 is 0 Å². The van der Waals surface area contributed by atoms with E-state index in [4.69, 9.17) is 0 Å². The summed E-state index contributed by atoms with van der Waals surface area (Å²) in [5.41, 5.74) is -0.123. The smallest absolute Gasteiger partial charge is 0.240 e. The highest BCUT2D eigenvalue weighted by atomic mass is 16.2. The van der Waals surface area contributed by atoms with Crippen LogP contribution in [0.15, 0.2) is 0 Å². The maximum absolute atomic E-state index is 12.2. The fourth-order valence-corrected chi connectivity index (χ4v) is 2.27. The molecule has 16 heavy (non-hydrogen) atoms. The third-order valence-electron chi connectivity index (χ3n) is 3.13. The summed E-state index contributed by atoms with van der Waals surface area (Å²) in [6.07, 6.45) is 4.10. The molecule has 1 aliphatic rings. The van der Waals surface area contributed by atoms with Gasteiger partial charge >= 0.3 is 0 Å². The molecular formula is C13H26N2O. The number of carbonyl (C=O) groups excluding carboxylic acids is 1. The predicted octanol–water partition coefficient (Wildman–Crippen LogP) is 2.07. The maximum Gasteiger partial charge on any atom is 0.240 e. The van der Waals surface area contributed by atoms with Gasteiger partial charge in [0.1, 0.15) is 0 Å². The third-order valence-corrected chi connectivity index (χ3v) is 3.13. The second-order valence-electron chi connectivity index (χ2n) is 6.11. The Labute approximate surface area is 99.4 Å². The van der Waals surface area contributed by atoms with Gasteiger partial charge in [0.15, 0.2) is 0 Å². The van der Waals surface area contributed by atoms with E-state index in [2.05, 4.69) is 38.3 Å². The highest BCUT2D eigenvalue weighted by Crippen LogP contribution is 2.25. The minimum atomic E-state index is -0.278. The average Bonchev–Trinajstić information content (AvgIpc) is 2.63. The molecule has 1 atom stereocenters. The zero-order chi connectivity index (χ0) is 12.2. The van der Waals surface area contributed by atoms with Gasteiger partial charge in [0.25, 0.3) is 0 Å². The first-order valence-electron chi connectivity index (χ1n) is 6.43. The molecule has 0 bridgehead atoms. The molecule has 1 unspecified atom stereocenters. The molecule has 1 aliphatic heterocycles. The second-order valence-corrected chi connectivity index (χ2v) is 6.11. The number of rotatable bonds is 4. The molecule has 0 radical (unpaired) electrons. The van der Waals surface area contributed by atoms with Crippen LogP contribution in [-0.4, -0.2) is 24.5 Å². The van der Waals surface area contributed by atoms with Crippen molar-refractivity contribution >= 4 is 5.91 Å². The molecular weight excluding hydrogens is 200 g/mol. The lowest BCUT2D eigenvalue weighted by atomic mass is 9.90. The van der Waals surface area contributed by atoms with Crippen molar-refractivity contribution in [2.75, 3.05) is 13.1 Å². The molecule has 3 nitrogen and oxygen atoms in total.